The maximum absolute atomic E-state index is 12.9. The van der Waals surface area contributed by atoms with Gasteiger partial charge in [-0.1, -0.05) is 11.6 Å². The van der Waals surface area contributed by atoms with Crippen molar-refractivity contribution in [2.75, 3.05) is 0 Å². The highest BCUT2D eigenvalue weighted by Crippen LogP contribution is 2.33. The van der Waals surface area contributed by atoms with Gasteiger partial charge in [-0.15, -0.1) is 0 Å². The van der Waals surface area contributed by atoms with Gasteiger partial charge in [-0.25, -0.2) is 27.3 Å². The van der Waals surface area contributed by atoms with Gasteiger partial charge in [0.1, 0.15) is 16.9 Å². The van der Waals surface area contributed by atoms with E-state index in [2.05, 4.69) is 15.0 Å². The van der Waals surface area contributed by atoms with Crippen LogP contribution >= 0.6 is 11.6 Å². The molecule has 2 heterocycles. The number of nitrogens with one attached hydrogen (secondary N) is 1. The van der Waals surface area contributed by atoms with Crippen molar-refractivity contribution in [3.8, 4) is 11.3 Å². The summed E-state index contributed by atoms with van der Waals surface area (Å²) in [6.07, 6.45) is -5.51. The lowest BCUT2D eigenvalue weighted by Gasteiger charge is -2.09. The fourth-order valence-corrected chi connectivity index (χ4v) is 2.27. The highest BCUT2D eigenvalue weighted by molar-refractivity contribution is 6.35. The second-order valence-electron chi connectivity index (χ2n) is 4.44. The number of halogens is 5. The number of hydrogen-bond acceptors (Lipinski definition) is 4. The Morgan fingerprint density at radius 1 is 1.13 bits per heavy atom. The number of oxazole rings is 1. The summed E-state index contributed by atoms with van der Waals surface area (Å²) in [7, 11) is 0. The molecule has 0 atom stereocenters. The molecule has 0 spiro atoms. The average Bonchev–Trinajstić information content (AvgIpc) is 2.89. The fourth-order valence-electron chi connectivity index (χ4n) is 2.07. The normalized spacial score (nSPS) is 11.8. The molecule has 0 aliphatic rings. The first kappa shape index (κ1) is 15.5. The smallest absolute Gasteiger partial charge is 0.407 e. The molecular formula is C13H6ClF4N3O2. The van der Waals surface area contributed by atoms with Crippen molar-refractivity contribution < 1.29 is 22.0 Å². The fraction of sp³-hybridized carbons (Fsp3) is 0.154. The summed E-state index contributed by atoms with van der Waals surface area (Å²) >= 11 is 5.89. The Labute approximate surface area is 129 Å². The highest BCUT2D eigenvalue weighted by atomic mass is 35.5. The summed E-state index contributed by atoms with van der Waals surface area (Å²) in [5, 5.41) is 0.167. The van der Waals surface area contributed by atoms with E-state index in [0.717, 1.165) is 6.20 Å². The Morgan fingerprint density at radius 2 is 1.83 bits per heavy atom. The molecule has 0 aliphatic heterocycles. The van der Waals surface area contributed by atoms with Crippen molar-refractivity contribution in [3.05, 3.63) is 45.3 Å². The van der Waals surface area contributed by atoms with Gasteiger partial charge in [-0.2, -0.15) is 0 Å². The topological polar surface area (TPSA) is 71.8 Å². The molecule has 0 saturated heterocycles. The van der Waals surface area contributed by atoms with Crippen molar-refractivity contribution in [1.29, 1.82) is 0 Å². The van der Waals surface area contributed by atoms with E-state index in [0.29, 0.717) is 0 Å². The molecule has 1 aromatic carbocycles. The summed E-state index contributed by atoms with van der Waals surface area (Å²) < 4.78 is 56.2. The lowest BCUT2D eigenvalue weighted by Crippen LogP contribution is -2.04. The van der Waals surface area contributed by atoms with Crippen LogP contribution in [0.4, 0.5) is 17.6 Å². The van der Waals surface area contributed by atoms with E-state index < -0.39 is 30.0 Å². The summed E-state index contributed by atoms with van der Waals surface area (Å²) in [4.78, 5) is 20.5. The average molecular weight is 348 g/mol. The van der Waals surface area contributed by atoms with E-state index in [1.54, 1.807) is 0 Å². The van der Waals surface area contributed by atoms with Gasteiger partial charge in [0.25, 0.3) is 12.9 Å². The zero-order valence-electron chi connectivity index (χ0n) is 11.0. The predicted octanol–water partition coefficient (Wildman–Crippen LogP) is 4.11. The van der Waals surface area contributed by atoms with Gasteiger partial charge in [0.2, 0.25) is 0 Å². The van der Waals surface area contributed by atoms with Crippen LogP contribution in [0, 0.1) is 0 Å². The molecule has 5 nitrogen and oxygen atoms in total. The lowest BCUT2D eigenvalue weighted by atomic mass is 10.1. The third-order valence-corrected chi connectivity index (χ3v) is 3.36. The number of rotatable bonds is 3. The number of fused-ring (bicyclic) bond motifs is 1. The number of aromatic nitrogens is 3. The van der Waals surface area contributed by atoms with Crippen LogP contribution in [0.3, 0.4) is 0 Å². The Morgan fingerprint density at radius 3 is 2.48 bits per heavy atom. The first-order chi connectivity index (χ1) is 10.9. The first-order valence-electron chi connectivity index (χ1n) is 6.13. The monoisotopic (exact) mass is 347 g/mol. The maximum Gasteiger partial charge on any atom is 0.417 e. The Kier molecular flexibility index (Phi) is 3.80. The molecule has 23 heavy (non-hydrogen) atoms. The van der Waals surface area contributed by atoms with E-state index >= 15 is 0 Å². The second-order valence-corrected chi connectivity index (χ2v) is 4.85. The Balaban J connectivity index is 2.25. The molecule has 3 aromatic rings. The van der Waals surface area contributed by atoms with Crippen molar-refractivity contribution in [2.45, 2.75) is 12.9 Å². The van der Waals surface area contributed by atoms with Gasteiger partial charge in [0, 0.05) is 5.56 Å². The van der Waals surface area contributed by atoms with Crippen LogP contribution in [-0.2, 0) is 0 Å². The molecule has 0 unspecified atom stereocenters. The van der Waals surface area contributed by atoms with Crippen LogP contribution in [0.2, 0.25) is 5.02 Å². The number of alkyl halides is 4. The van der Waals surface area contributed by atoms with E-state index in [1.165, 1.54) is 12.1 Å². The van der Waals surface area contributed by atoms with Gasteiger partial charge in [0.05, 0.1) is 16.9 Å². The summed E-state index contributed by atoms with van der Waals surface area (Å²) in [5.41, 5.74) is -2.12. The van der Waals surface area contributed by atoms with Crippen LogP contribution in [0.5, 0.6) is 0 Å². The molecule has 0 saturated carbocycles. The zero-order chi connectivity index (χ0) is 16.7. The van der Waals surface area contributed by atoms with Crippen molar-refractivity contribution in [1.82, 2.24) is 15.0 Å². The van der Waals surface area contributed by atoms with E-state index in [9.17, 15) is 22.4 Å². The third kappa shape index (κ3) is 2.67. The van der Waals surface area contributed by atoms with E-state index in [-0.39, 0.29) is 27.4 Å². The number of aromatic amines is 1. The first-order valence-corrected chi connectivity index (χ1v) is 6.51. The van der Waals surface area contributed by atoms with Crippen LogP contribution < -0.4 is 5.76 Å². The molecule has 0 bridgehead atoms. The van der Waals surface area contributed by atoms with Gasteiger partial charge < -0.3 is 4.42 Å². The third-order valence-electron chi connectivity index (χ3n) is 3.05. The standard InChI is InChI=1S/C13H6ClF4N3O2/c14-5-2-1-4(10-7(5)21-13(22)23-10)6-3-19-8(11(15)16)9(20-6)12(17)18/h1-3,11-12H,(H,21,22). The van der Waals surface area contributed by atoms with Crippen LogP contribution in [0.1, 0.15) is 24.2 Å². The number of benzene rings is 1. The van der Waals surface area contributed by atoms with Gasteiger partial charge in [-0.3, -0.25) is 9.97 Å². The maximum atomic E-state index is 12.9. The highest BCUT2D eigenvalue weighted by Gasteiger charge is 2.24. The molecule has 0 aliphatic carbocycles. The quantitative estimate of drug-likeness (QED) is 0.724. The van der Waals surface area contributed by atoms with Crippen molar-refractivity contribution in [3.63, 3.8) is 0 Å². The predicted molar refractivity (Wildman–Crippen MR) is 72.8 cm³/mol. The van der Waals surface area contributed by atoms with E-state index in [4.69, 9.17) is 16.0 Å². The molecular weight excluding hydrogens is 342 g/mol. The molecule has 3 rings (SSSR count). The minimum atomic E-state index is -3.23. The minimum absolute atomic E-state index is 0.0261. The summed E-state index contributed by atoms with van der Waals surface area (Å²) in [6.45, 7) is 0. The van der Waals surface area contributed by atoms with Crippen molar-refractivity contribution in [2.24, 2.45) is 0 Å². The number of nitrogens with zero attached hydrogens (tertiary/aromatic N) is 2. The van der Waals surface area contributed by atoms with Crippen LogP contribution in [0.25, 0.3) is 22.4 Å². The van der Waals surface area contributed by atoms with E-state index in [1.807, 2.05) is 0 Å². The molecule has 120 valence electrons. The molecule has 2 aromatic heterocycles. The zero-order valence-corrected chi connectivity index (χ0v) is 11.7. The summed E-state index contributed by atoms with van der Waals surface area (Å²) in [5.74, 6) is -0.805. The Bertz CT molecular complexity index is 939. The SMILES string of the molecule is O=c1[nH]c2c(Cl)ccc(-c3cnc(C(F)F)c(C(F)F)n3)c2o1. The molecule has 0 radical (unpaired) electrons. The van der Waals surface area contributed by atoms with Gasteiger partial charge in [0.15, 0.2) is 5.58 Å². The van der Waals surface area contributed by atoms with Crippen molar-refractivity contribution >= 4 is 22.7 Å². The number of hydrogen-bond donors (Lipinski definition) is 1. The minimum Gasteiger partial charge on any atom is -0.407 e. The van der Waals surface area contributed by atoms with Gasteiger partial charge >= 0.3 is 5.76 Å². The second kappa shape index (κ2) is 5.65. The molecule has 0 fully saturated rings. The van der Waals surface area contributed by atoms with Gasteiger partial charge in [-0.05, 0) is 12.1 Å². The largest absolute Gasteiger partial charge is 0.417 e. The lowest BCUT2D eigenvalue weighted by molar-refractivity contribution is 0.116. The Hall–Kier alpha value is -2.42. The number of H-pyrrole nitrogens is 1. The molecule has 0 amide bonds. The van der Waals surface area contributed by atoms with Crippen LogP contribution in [0.15, 0.2) is 27.5 Å². The summed E-state index contributed by atoms with van der Waals surface area (Å²) in [6, 6.07) is 2.75. The van der Waals surface area contributed by atoms with Crippen LogP contribution in [-0.4, -0.2) is 15.0 Å². The molecule has 10 heteroatoms. The molecule has 1 N–H and O–H groups in total.